The van der Waals surface area contributed by atoms with Crippen molar-refractivity contribution in [2.24, 2.45) is 0 Å². The second-order valence-electron chi connectivity index (χ2n) is 3.60. The Kier molecular flexibility index (Phi) is 3.51. The zero-order chi connectivity index (χ0) is 14.9. The molecule has 9 heteroatoms. The number of benzene rings is 1. The minimum Gasteiger partial charge on any atom is -0.315 e. The summed E-state index contributed by atoms with van der Waals surface area (Å²) in [6.07, 6.45) is 0. The van der Waals surface area contributed by atoms with Gasteiger partial charge in [-0.2, -0.15) is 5.10 Å². The molecule has 0 bridgehead atoms. The van der Waals surface area contributed by atoms with Crippen molar-refractivity contribution in [1.29, 1.82) is 0 Å². The summed E-state index contributed by atoms with van der Waals surface area (Å²) < 4.78 is 52.5. The van der Waals surface area contributed by atoms with E-state index in [-0.39, 0.29) is 6.07 Å². The third kappa shape index (κ3) is 2.51. The van der Waals surface area contributed by atoms with Crippen LogP contribution in [0.5, 0.6) is 0 Å². The lowest BCUT2D eigenvalue weighted by molar-refractivity contribution is 0.102. The number of halogens is 4. The maximum atomic E-state index is 13.3. The molecule has 0 aliphatic carbocycles. The Labute approximate surface area is 108 Å². The second kappa shape index (κ2) is 5.11. The number of aromatic nitrogens is 2. The van der Waals surface area contributed by atoms with E-state index in [1.165, 1.54) is 0 Å². The van der Waals surface area contributed by atoms with Crippen LogP contribution in [0.2, 0.25) is 0 Å². The maximum Gasteiger partial charge on any atom is 0.276 e. The van der Waals surface area contributed by atoms with Crippen molar-refractivity contribution in [3.63, 3.8) is 0 Å². The fourth-order valence-corrected chi connectivity index (χ4v) is 1.33. The van der Waals surface area contributed by atoms with Gasteiger partial charge < -0.3 is 5.32 Å². The van der Waals surface area contributed by atoms with Crippen LogP contribution in [0.25, 0.3) is 0 Å². The molecule has 0 aliphatic rings. The Bertz CT molecular complexity index is 698. The van der Waals surface area contributed by atoms with Crippen LogP contribution in [-0.2, 0) is 0 Å². The van der Waals surface area contributed by atoms with Gasteiger partial charge in [0.15, 0.2) is 23.3 Å². The molecule has 0 saturated heterocycles. The number of rotatable bonds is 2. The zero-order valence-corrected chi connectivity index (χ0v) is 9.51. The van der Waals surface area contributed by atoms with Gasteiger partial charge in [-0.3, -0.25) is 9.59 Å². The number of nitrogens with one attached hydrogen (secondary N) is 2. The van der Waals surface area contributed by atoms with E-state index in [4.69, 9.17) is 0 Å². The highest BCUT2D eigenvalue weighted by Crippen LogP contribution is 2.24. The van der Waals surface area contributed by atoms with E-state index in [2.05, 4.69) is 5.10 Å². The first-order valence-corrected chi connectivity index (χ1v) is 5.10. The first-order chi connectivity index (χ1) is 9.40. The van der Waals surface area contributed by atoms with Crippen molar-refractivity contribution in [2.45, 2.75) is 0 Å². The Hall–Kier alpha value is -2.71. The molecule has 0 saturated carbocycles. The highest BCUT2D eigenvalue weighted by atomic mass is 19.2. The number of hydrogen-bond donors (Lipinski definition) is 2. The van der Waals surface area contributed by atoms with E-state index in [1.807, 2.05) is 5.10 Å². The average Bonchev–Trinajstić information content (AvgIpc) is 2.42. The van der Waals surface area contributed by atoms with Crippen molar-refractivity contribution >= 4 is 11.6 Å². The van der Waals surface area contributed by atoms with Crippen LogP contribution >= 0.6 is 0 Å². The van der Waals surface area contributed by atoms with Crippen LogP contribution in [-0.4, -0.2) is 16.1 Å². The molecule has 2 N–H and O–H groups in total. The van der Waals surface area contributed by atoms with E-state index in [0.29, 0.717) is 0 Å². The smallest absolute Gasteiger partial charge is 0.276 e. The molecule has 1 aromatic carbocycles. The third-order valence-electron chi connectivity index (χ3n) is 2.26. The quantitative estimate of drug-likeness (QED) is 0.650. The lowest BCUT2D eigenvalue weighted by Gasteiger charge is -2.08. The Morgan fingerprint density at radius 1 is 1.10 bits per heavy atom. The number of hydrogen-bond acceptors (Lipinski definition) is 3. The molecule has 1 aromatic heterocycles. The molecule has 20 heavy (non-hydrogen) atoms. The zero-order valence-electron chi connectivity index (χ0n) is 9.51. The summed E-state index contributed by atoms with van der Waals surface area (Å²) in [5, 5.41) is 6.86. The molecular weight excluding hydrogens is 282 g/mol. The minimum atomic E-state index is -1.75. The molecule has 5 nitrogen and oxygen atoms in total. The lowest BCUT2D eigenvalue weighted by atomic mass is 10.2. The molecule has 0 radical (unpaired) electrons. The summed E-state index contributed by atoms with van der Waals surface area (Å²) in [6.45, 7) is 0. The molecular formula is C11H5F4N3O2. The predicted octanol–water partition coefficient (Wildman–Crippen LogP) is 1.58. The lowest BCUT2D eigenvalue weighted by Crippen LogP contribution is -2.19. The molecule has 0 fully saturated rings. The number of amides is 1. The van der Waals surface area contributed by atoms with E-state index in [1.54, 1.807) is 5.32 Å². The molecule has 2 aromatic rings. The van der Waals surface area contributed by atoms with Crippen molar-refractivity contribution < 1.29 is 22.4 Å². The Morgan fingerprint density at radius 3 is 2.20 bits per heavy atom. The number of anilines is 1. The topological polar surface area (TPSA) is 74.8 Å². The maximum absolute atomic E-state index is 13.3. The van der Waals surface area contributed by atoms with Gasteiger partial charge in [0, 0.05) is 12.1 Å². The Morgan fingerprint density at radius 2 is 1.70 bits per heavy atom. The molecule has 0 aliphatic heterocycles. The first kappa shape index (κ1) is 13.7. The van der Waals surface area contributed by atoms with E-state index in [9.17, 15) is 27.2 Å². The summed E-state index contributed by atoms with van der Waals surface area (Å²) >= 11 is 0. The molecule has 1 amide bonds. The number of nitrogens with zero attached hydrogens (tertiary/aromatic N) is 1. The highest BCUT2D eigenvalue weighted by Gasteiger charge is 2.21. The van der Waals surface area contributed by atoms with Gasteiger partial charge >= 0.3 is 0 Å². The summed E-state index contributed by atoms with van der Waals surface area (Å²) in [4.78, 5) is 22.3. The predicted molar refractivity (Wildman–Crippen MR) is 59.1 cm³/mol. The normalized spacial score (nSPS) is 10.4. The van der Waals surface area contributed by atoms with Gasteiger partial charge in [-0.25, -0.2) is 22.7 Å². The van der Waals surface area contributed by atoms with Crippen molar-refractivity contribution in [2.75, 3.05) is 5.32 Å². The van der Waals surface area contributed by atoms with Gasteiger partial charge in [0.1, 0.15) is 11.4 Å². The third-order valence-corrected chi connectivity index (χ3v) is 2.26. The molecule has 2 rings (SSSR count). The number of aromatic amines is 1. The van der Waals surface area contributed by atoms with Crippen LogP contribution in [0.4, 0.5) is 23.2 Å². The van der Waals surface area contributed by atoms with Crippen LogP contribution in [0.3, 0.4) is 0 Å². The summed E-state index contributed by atoms with van der Waals surface area (Å²) in [6, 6.07) is 1.93. The van der Waals surface area contributed by atoms with Gasteiger partial charge in [0.05, 0.1) is 0 Å². The molecule has 0 unspecified atom stereocenters. The van der Waals surface area contributed by atoms with E-state index >= 15 is 0 Å². The SMILES string of the molecule is O=C(Nc1c(F)c(F)cc(F)c1F)c1ccc(=O)[nH]n1. The number of carbonyl (C=O) groups is 1. The monoisotopic (exact) mass is 287 g/mol. The fraction of sp³-hybridized carbons (Fsp3) is 0. The van der Waals surface area contributed by atoms with Gasteiger partial charge in [-0.1, -0.05) is 0 Å². The molecule has 0 spiro atoms. The second-order valence-corrected chi connectivity index (χ2v) is 3.60. The highest BCUT2D eigenvalue weighted by molar-refractivity contribution is 6.02. The van der Waals surface area contributed by atoms with Crippen molar-refractivity contribution in [3.05, 3.63) is 57.5 Å². The summed E-state index contributed by atoms with van der Waals surface area (Å²) in [5.74, 6) is -7.96. The summed E-state index contributed by atoms with van der Waals surface area (Å²) in [7, 11) is 0. The Balaban J connectivity index is 2.37. The molecule has 0 atom stereocenters. The first-order valence-electron chi connectivity index (χ1n) is 5.10. The van der Waals surface area contributed by atoms with Gasteiger partial charge in [0.2, 0.25) is 0 Å². The standard InChI is InChI=1S/C11H5F4N3O2/c12-4-3-5(13)9(15)10(8(4)14)16-11(20)6-1-2-7(19)18-17-6/h1-3H,(H,16,20)(H,18,19). The van der Waals surface area contributed by atoms with Gasteiger partial charge in [-0.05, 0) is 6.07 Å². The van der Waals surface area contributed by atoms with Crippen LogP contribution in [0.15, 0.2) is 23.0 Å². The van der Waals surface area contributed by atoms with Gasteiger partial charge in [-0.15, -0.1) is 0 Å². The fourth-order valence-electron chi connectivity index (χ4n) is 1.33. The minimum absolute atomic E-state index is 0.0125. The largest absolute Gasteiger partial charge is 0.315 e. The van der Waals surface area contributed by atoms with Gasteiger partial charge in [0.25, 0.3) is 11.5 Å². The number of H-pyrrole nitrogens is 1. The molecule has 104 valence electrons. The molecule has 1 heterocycles. The van der Waals surface area contributed by atoms with Crippen LogP contribution in [0.1, 0.15) is 10.5 Å². The van der Waals surface area contributed by atoms with Crippen LogP contribution in [0, 0.1) is 23.3 Å². The van der Waals surface area contributed by atoms with E-state index in [0.717, 1.165) is 12.1 Å². The van der Waals surface area contributed by atoms with Crippen molar-refractivity contribution in [1.82, 2.24) is 10.2 Å². The van der Waals surface area contributed by atoms with Crippen LogP contribution < -0.4 is 10.9 Å². The summed E-state index contributed by atoms with van der Waals surface area (Å²) in [5.41, 5.74) is -2.27. The van der Waals surface area contributed by atoms with E-state index < -0.39 is 46.1 Å². The van der Waals surface area contributed by atoms with Crippen molar-refractivity contribution in [3.8, 4) is 0 Å². The average molecular weight is 287 g/mol. The number of carbonyl (C=O) groups excluding carboxylic acids is 1.